The molecule has 1 fully saturated rings. The van der Waals surface area contributed by atoms with Crippen molar-refractivity contribution in [2.45, 2.75) is 25.4 Å². The molecular weight excluding hydrogens is 254 g/mol. The Balaban J connectivity index is 2.12. The van der Waals surface area contributed by atoms with Gasteiger partial charge in [0.15, 0.2) is 0 Å². The van der Waals surface area contributed by atoms with E-state index in [1.165, 1.54) is 0 Å². The lowest BCUT2D eigenvalue weighted by Crippen LogP contribution is -2.35. The summed E-state index contributed by atoms with van der Waals surface area (Å²) in [5, 5.41) is 19.6. The second-order valence-electron chi connectivity index (χ2n) is 4.90. The number of hydrogen-bond acceptors (Lipinski definition) is 3. The van der Waals surface area contributed by atoms with E-state index in [4.69, 9.17) is 16.7 Å². The van der Waals surface area contributed by atoms with Gasteiger partial charge in [-0.15, -0.1) is 0 Å². The zero-order valence-corrected chi connectivity index (χ0v) is 10.9. The Morgan fingerprint density at radius 2 is 2.28 bits per heavy atom. The molecular formula is C13H16ClNO3. The minimum absolute atomic E-state index is 0.219. The predicted molar refractivity (Wildman–Crippen MR) is 70.2 cm³/mol. The summed E-state index contributed by atoms with van der Waals surface area (Å²) in [6, 6.07) is 5.71. The summed E-state index contributed by atoms with van der Waals surface area (Å²) in [4.78, 5) is 12.7. The number of nitrogens with zero attached hydrogens (tertiary/aromatic N) is 1. The maximum Gasteiger partial charge on any atom is 0.306 e. The van der Waals surface area contributed by atoms with Crippen LogP contribution in [0.2, 0.25) is 5.02 Å². The molecule has 1 aromatic rings. The molecule has 1 aromatic carbocycles. The van der Waals surface area contributed by atoms with Crippen molar-refractivity contribution in [1.29, 1.82) is 0 Å². The molecule has 0 amide bonds. The SMILES string of the molecule is Cc1ccc(N2CCC(O)(CC(=O)O)C2)cc1Cl. The summed E-state index contributed by atoms with van der Waals surface area (Å²) in [7, 11) is 0. The van der Waals surface area contributed by atoms with Crippen molar-refractivity contribution in [3.63, 3.8) is 0 Å². The Labute approximate surface area is 111 Å². The van der Waals surface area contributed by atoms with Gasteiger partial charge < -0.3 is 15.1 Å². The monoisotopic (exact) mass is 269 g/mol. The average Bonchev–Trinajstić information content (AvgIpc) is 2.63. The lowest BCUT2D eigenvalue weighted by Gasteiger charge is -2.23. The number of carbonyl (C=O) groups is 1. The van der Waals surface area contributed by atoms with Gasteiger partial charge in [-0.1, -0.05) is 17.7 Å². The van der Waals surface area contributed by atoms with Crippen LogP contribution in [-0.2, 0) is 4.79 Å². The molecule has 1 unspecified atom stereocenters. The Hall–Kier alpha value is -1.26. The molecule has 1 saturated heterocycles. The van der Waals surface area contributed by atoms with Crippen LogP contribution in [0.4, 0.5) is 5.69 Å². The van der Waals surface area contributed by atoms with Crippen LogP contribution in [0.5, 0.6) is 0 Å². The van der Waals surface area contributed by atoms with E-state index in [-0.39, 0.29) is 6.42 Å². The Morgan fingerprint density at radius 3 is 2.89 bits per heavy atom. The number of carboxylic acid groups (broad SMARTS) is 1. The molecule has 5 heteroatoms. The molecule has 18 heavy (non-hydrogen) atoms. The summed E-state index contributed by atoms with van der Waals surface area (Å²) in [6.45, 7) is 2.90. The number of aliphatic carboxylic acids is 1. The quantitative estimate of drug-likeness (QED) is 0.882. The molecule has 0 saturated carbocycles. The minimum atomic E-state index is -1.14. The van der Waals surface area contributed by atoms with E-state index in [2.05, 4.69) is 0 Å². The normalized spacial score (nSPS) is 23.4. The van der Waals surface area contributed by atoms with Gasteiger partial charge in [0.25, 0.3) is 0 Å². The number of aliphatic hydroxyl groups is 1. The second-order valence-corrected chi connectivity index (χ2v) is 5.31. The summed E-state index contributed by atoms with van der Waals surface area (Å²) >= 11 is 6.06. The van der Waals surface area contributed by atoms with Crippen molar-refractivity contribution in [3.05, 3.63) is 28.8 Å². The van der Waals surface area contributed by atoms with Gasteiger partial charge in [0, 0.05) is 23.8 Å². The number of halogens is 1. The zero-order valence-electron chi connectivity index (χ0n) is 10.2. The van der Waals surface area contributed by atoms with Crippen LogP contribution in [-0.4, -0.2) is 34.9 Å². The Bertz CT molecular complexity index is 477. The first kappa shape index (κ1) is 13.2. The van der Waals surface area contributed by atoms with Gasteiger partial charge in [-0.05, 0) is 31.0 Å². The highest BCUT2D eigenvalue weighted by atomic mass is 35.5. The van der Waals surface area contributed by atoms with Crippen molar-refractivity contribution in [3.8, 4) is 0 Å². The number of β-amino-alcohol motifs (C(OH)–C–C–N with tert-alkyl or cyclic N) is 1. The average molecular weight is 270 g/mol. The maximum absolute atomic E-state index is 10.7. The predicted octanol–water partition coefficient (Wildman–Crippen LogP) is 2.06. The Morgan fingerprint density at radius 1 is 1.56 bits per heavy atom. The zero-order chi connectivity index (χ0) is 13.3. The molecule has 1 heterocycles. The topological polar surface area (TPSA) is 60.8 Å². The van der Waals surface area contributed by atoms with Crippen LogP contribution in [0, 0.1) is 6.92 Å². The van der Waals surface area contributed by atoms with E-state index in [9.17, 15) is 9.90 Å². The van der Waals surface area contributed by atoms with Crippen molar-refractivity contribution in [1.82, 2.24) is 0 Å². The van der Waals surface area contributed by atoms with Crippen molar-refractivity contribution < 1.29 is 15.0 Å². The number of carboxylic acids is 1. The van der Waals surface area contributed by atoms with Crippen molar-refractivity contribution in [2.24, 2.45) is 0 Å². The minimum Gasteiger partial charge on any atom is -0.481 e. The Kier molecular flexibility index (Phi) is 3.50. The third-order valence-corrected chi connectivity index (χ3v) is 3.74. The lowest BCUT2D eigenvalue weighted by molar-refractivity contribution is -0.141. The molecule has 0 aliphatic carbocycles. The van der Waals surface area contributed by atoms with Crippen LogP contribution in [0.3, 0.4) is 0 Å². The highest BCUT2D eigenvalue weighted by Crippen LogP contribution is 2.31. The van der Waals surface area contributed by atoms with Crippen LogP contribution >= 0.6 is 11.6 Å². The molecule has 2 rings (SSSR count). The van der Waals surface area contributed by atoms with Gasteiger partial charge in [-0.25, -0.2) is 0 Å². The molecule has 0 spiro atoms. The number of anilines is 1. The molecule has 1 atom stereocenters. The van der Waals surface area contributed by atoms with Gasteiger partial charge >= 0.3 is 5.97 Å². The molecule has 0 bridgehead atoms. The first-order valence-corrected chi connectivity index (χ1v) is 6.23. The molecule has 98 valence electrons. The fourth-order valence-corrected chi connectivity index (χ4v) is 2.46. The van der Waals surface area contributed by atoms with Crippen molar-refractivity contribution >= 4 is 23.3 Å². The van der Waals surface area contributed by atoms with E-state index in [0.29, 0.717) is 24.5 Å². The largest absolute Gasteiger partial charge is 0.481 e. The molecule has 2 N–H and O–H groups in total. The summed E-state index contributed by atoms with van der Waals surface area (Å²) in [5.74, 6) is -0.971. The first-order chi connectivity index (χ1) is 8.39. The highest BCUT2D eigenvalue weighted by Gasteiger charge is 2.38. The summed E-state index contributed by atoms with van der Waals surface area (Å²) in [6.07, 6.45) is 0.244. The van der Waals surface area contributed by atoms with Crippen LogP contribution in [0.15, 0.2) is 18.2 Å². The molecule has 4 nitrogen and oxygen atoms in total. The van der Waals surface area contributed by atoms with Crippen LogP contribution < -0.4 is 4.90 Å². The smallest absolute Gasteiger partial charge is 0.306 e. The number of hydrogen-bond donors (Lipinski definition) is 2. The van der Waals surface area contributed by atoms with E-state index < -0.39 is 11.6 Å². The lowest BCUT2D eigenvalue weighted by atomic mass is 9.99. The summed E-state index contributed by atoms with van der Waals surface area (Å²) in [5.41, 5.74) is 0.788. The fourth-order valence-electron chi connectivity index (χ4n) is 2.28. The van der Waals surface area contributed by atoms with Gasteiger partial charge in [-0.3, -0.25) is 4.79 Å². The van der Waals surface area contributed by atoms with Gasteiger partial charge in [-0.2, -0.15) is 0 Å². The third kappa shape index (κ3) is 2.76. The molecule has 0 aromatic heterocycles. The van der Waals surface area contributed by atoms with E-state index in [1.807, 2.05) is 30.0 Å². The molecule has 0 radical (unpaired) electrons. The van der Waals surface area contributed by atoms with Crippen LogP contribution in [0.1, 0.15) is 18.4 Å². The van der Waals surface area contributed by atoms with Gasteiger partial charge in [0.1, 0.15) is 0 Å². The standard InChI is InChI=1S/C13H16ClNO3/c1-9-2-3-10(6-11(9)14)15-5-4-13(18,8-15)7-12(16)17/h2-3,6,18H,4-5,7-8H2,1H3,(H,16,17). The second kappa shape index (κ2) is 4.78. The van der Waals surface area contributed by atoms with Gasteiger partial charge in [0.05, 0.1) is 12.0 Å². The molecule has 1 aliphatic rings. The third-order valence-electron chi connectivity index (χ3n) is 3.33. The maximum atomic E-state index is 10.7. The fraction of sp³-hybridized carbons (Fsp3) is 0.462. The number of rotatable bonds is 3. The van der Waals surface area contributed by atoms with E-state index in [0.717, 1.165) is 11.3 Å². The molecule has 1 aliphatic heterocycles. The highest BCUT2D eigenvalue weighted by molar-refractivity contribution is 6.31. The van der Waals surface area contributed by atoms with Crippen molar-refractivity contribution in [2.75, 3.05) is 18.0 Å². The first-order valence-electron chi connectivity index (χ1n) is 5.85. The van der Waals surface area contributed by atoms with E-state index in [1.54, 1.807) is 0 Å². The summed E-state index contributed by atoms with van der Waals surface area (Å²) < 4.78 is 0. The van der Waals surface area contributed by atoms with Gasteiger partial charge in [0.2, 0.25) is 0 Å². The van der Waals surface area contributed by atoms with Crippen LogP contribution in [0.25, 0.3) is 0 Å². The number of benzene rings is 1. The van der Waals surface area contributed by atoms with E-state index >= 15 is 0 Å². The number of aryl methyl sites for hydroxylation is 1.